The van der Waals surface area contributed by atoms with E-state index in [0.29, 0.717) is 23.7 Å². The number of amides is 2. The van der Waals surface area contributed by atoms with Gasteiger partial charge in [0.1, 0.15) is 0 Å². The highest BCUT2D eigenvalue weighted by molar-refractivity contribution is 14.1. The normalized spacial score (nSPS) is 23.5. The van der Waals surface area contributed by atoms with E-state index in [1.165, 1.54) is 0 Å². The van der Waals surface area contributed by atoms with E-state index in [1.807, 2.05) is 80.7 Å². The molecular weight excluding hydrogens is 683 g/mol. The van der Waals surface area contributed by atoms with E-state index < -0.39 is 31.5 Å². The Kier molecular flexibility index (Phi) is 9.18. The molecule has 2 N–H and O–H groups in total. The predicted molar refractivity (Wildman–Crippen MR) is 175 cm³/mol. The van der Waals surface area contributed by atoms with Gasteiger partial charge < -0.3 is 24.4 Å². The van der Waals surface area contributed by atoms with Crippen LogP contribution in [0.2, 0.25) is 23.7 Å². The second kappa shape index (κ2) is 12.4. The van der Waals surface area contributed by atoms with Gasteiger partial charge in [-0.05, 0) is 77.1 Å². The van der Waals surface area contributed by atoms with Crippen LogP contribution in [0, 0.1) is 9.49 Å². The van der Waals surface area contributed by atoms with E-state index in [0.717, 1.165) is 20.4 Å². The first kappa shape index (κ1) is 31.2. The van der Waals surface area contributed by atoms with Crippen molar-refractivity contribution in [1.82, 2.24) is 4.90 Å². The number of hydrogen-bond donors (Lipinski definition) is 2. The molecule has 2 aliphatic heterocycles. The van der Waals surface area contributed by atoms with Crippen molar-refractivity contribution in [1.29, 1.82) is 0 Å². The number of anilines is 1. The third-order valence-corrected chi connectivity index (χ3v) is 11.9. The minimum absolute atomic E-state index is 0.0133. The zero-order chi connectivity index (χ0) is 30.2. The lowest BCUT2D eigenvalue weighted by Gasteiger charge is -2.32. The largest absolute Gasteiger partial charge is 0.432 e. The van der Waals surface area contributed by atoms with Crippen LogP contribution in [0.25, 0.3) is 0 Å². The van der Waals surface area contributed by atoms with Crippen molar-refractivity contribution in [2.24, 2.45) is 5.92 Å². The van der Waals surface area contributed by atoms with E-state index in [1.54, 1.807) is 21.9 Å². The molecule has 0 unspecified atom stereocenters. The number of rotatable bonds is 9. The molecule has 1 saturated heterocycles. The minimum atomic E-state index is -2.96. The van der Waals surface area contributed by atoms with E-state index in [4.69, 9.17) is 16.3 Å². The summed E-state index contributed by atoms with van der Waals surface area (Å²) in [5.74, 6) is -0.813. The van der Waals surface area contributed by atoms with Gasteiger partial charge in [0.05, 0.1) is 31.4 Å². The van der Waals surface area contributed by atoms with Crippen molar-refractivity contribution in [2.75, 3.05) is 18.1 Å². The zero-order valence-electron chi connectivity index (χ0n) is 24.0. The van der Waals surface area contributed by atoms with Gasteiger partial charge in [0.25, 0.3) is 5.91 Å². The Bertz CT molecular complexity index is 1470. The Morgan fingerprint density at radius 1 is 1.10 bits per heavy atom. The van der Waals surface area contributed by atoms with Crippen molar-refractivity contribution in [2.45, 2.75) is 56.8 Å². The Morgan fingerprint density at radius 2 is 1.81 bits per heavy atom. The maximum absolute atomic E-state index is 14.5. The summed E-state index contributed by atoms with van der Waals surface area (Å²) in [7, 11) is -2.96. The van der Waals surface area contributed by atoms with Crippen LogP contribution in [0.4, 0.5) is 5.69 Å². The molecule has 4 atom stereocenters. The summed E-state index contributed by atoms with van der Waals surface area (Å²) >= 11 is 8.76. The molecule has 3 aromatic carbocycles. The van der Waals surface area contributed by atoms with E-state index in [9.17, 15) is 19.5 Å². The van der Waals surface area contributed by atoms with Crippen LogP contribution < -0.4 is 4.90 Å². The number of halogens is 2. The monoisotopic (exact) mass is 718 g/mol. The molecule has 0 aliphatic carbocycles. The number of fused-ring (bicyclic) bond motifs is 2. The summed E-state index contributed by atoms with van der Waals surface area (Å²) in [6, 6.07) is 23.0. The second-order valence-electron chi connectivity index (χ2n) is 11.8. The summed E-state index contributed by atoms with van der Waals surface area (Å²) in [5.41, 5.74) is 1.55. The number of nitrogens with zero attached hydrogens (tertiary/aromatic N) is 2. The average Bonchev–Trinajstić information content (AvgIpc) is 3.35. The van der Waals surface area contributed by atoms with Gasteiger partial charge in [-0.1, -0.05) is 61.0 Å². The molecule has 2 aliphatic rings. The standard InChI is InChI=1S/C32H36ClIN2O5Si/c1-21-30(42(2,3)40)28(18-29(38)35(14-15-37)19-22-8-5-4-6-9-22)41-32(21)26-17-24(33)12-13-27(26)36(31(32)39)20-23-10-7-11-25(34)16-23/h4-13,16-17,21,28,30,37,40H,14-15,18-20H2,1-3H3/t21-,28+,30-,32+/m1/s1. The van der Waals surface area contributed by atoms with E-state index in [-0.39, 0.29) is 31.4 Å². The molecule has 222 valence electrons. The molecule has 42 heavy (non-hydrogen) atoms. The molecule has 7 nitrogen and oxygen atoms in total. The molecule has 1 spiro atoms. The fraction of sp³-hybridized carbons (Fsp3) is 0.375. The molecule has 0 aromatic heterocycles. The summed E-state index contributed by atoms with van der Waals surface area (Å²) in [4.78, 5) is 43.2. The van der Waals surface area contributed by atoms with Gasteiger partial charge in [0, 0.05) is 38.7 Å². The van der Waals surface area contributed by atoms with Crippen molar-refractivity contribution in [3.05, 3.63) is 98.1 Å². The van der Waals surface area contributed by atoms with Gasteiger partial charge >= 0.3 is 0 Å². The summed E-state index contributed by atoms with van der Waals surface area (Å²) in [6.07, 6.45) is -0.703. The first-order valence-electron chi connectivity index (χ1n) is 14.1. The lowest BCUT2D eigenvalue weighted by molar-refractivity contribution is -0.150. The molecule has 2 heterocycles. The first-order chi connectivity index (χ1) is 20.0. The SMILES string of the molecule is C[C@@H]1[C@@H]([Si](C)(C)O)[C@H](CC(=O)N(CCO)Cc2ccccc2)O[C@@]12C(=O)N(Cc1cccc(I)c1)c1ccc(Cl)cc12. The molecule has 1 fully saturated rings. The third kappa shape index (κ3) is 5.91. The third-order valence-electron chi connectivity index (χ3n) is 8.49. The van der Waals surface area contributed by atoms with Gasteiger partial charge in [0.2, 0.25) is 5.91 Å². The Hall–Kier alpha value is -2.28. The molecule has 3 aromatic rings. The van der Waals surface area contributed by atoms with Crippen molar-refractivity contribution < 1.29 is 24.2 Å². The molecule has 0 bridgehead atoms. The first-order valence-corrected chi connectivity index (χ1v) is 18.6. The van der Waals surface area contributed by atoms with Crippen molar-refractivity contribution in [3.8, 4) is 0 Å². The van der Waals surface area contributed by atoms with Crippen molar-refractivity contribution >= 4 is 60.0 Å². The van der Waals surface area contributed by atoms with E-state index >= 15 is 0 Å². The number of hydrogen-bond acceptors (Lipinski definition) is 5. The Morgan fingerprint density at radius 3 is 2.48 bits per heavy atom. The Labute approximate surface area is 266 Å². The number of carbonyl (C=O) groups excluding carboxylic acids is 2. The lowest BCUT2D eigenvalue weighted by atomic mass is 9.82. The fourth-order valence-electron chi connectivity index (χ4n) is 6.74. The van der Waals surface area contributed by atoms with Crippen LogP contribution in [-0.4, -0.2) is 54.2 Å². The van der Waals surface area contributed by atoms with Crippen LogP contribution in [-0.2, 0) is 33.0 Å². The van der Waals surface area contributed by atoms with Crippen LogP contribution in [0.5, 0.6) is 0 Å². The maximum atomic E-state index is 14.5. The zero-order valence-corrected chi connectivity index (χ0v) is 27.9. The fourth-order valence-corrected chi connectivity index (χ4v) is 10.1. The maximum Gasteiger partial charge on any atom is 0.264 e. The van der Waals surface area contributed by atoms with Crippen LogP contribution in [0.1, 0.15) is 30.0 Å². The number of aliphatic hydroxyl groups is 1. The minimum Gasteiger partial charge on any atom is -0.432 e. The molecule has 0 saturated carbocycles. The van der Waals surface area contributed by atoms with Crippen molar-refractivity contribution in [3.63, 3.8) is 0 Å². The number of ether oxygens (including phenoxy) is 1. The van der Waals surface area contributed by atoms with Gasteiger partial charge in [0.15, 0.2) is 13.9 Å². The van der Waals surface area contributed by atoms with E-state index in [2.05, 4.69) is 22.6 Å². The smallest absolute Gasteiger partial charge is 0.264 e. The highest BCUT2D eigenvalue weighted by Gasteiger charge is 2.66. The number of benzene rings is 3. The Balaban J connectivity index is 1.51. The summed E-state index contributed by atoms with van der Waals surface area (Å²) in [6.45, 7) is 6.33. The van der Waals surface area contributed by atoms with Crippen LogP contribution in [0.15, 0.2) is 72.8 Å². The lowest BCUT2D eigenvalue weighted by Crippen LogP contribution is -2.46. The molecule has 5 rings (SSSR count). The number of aliphatic hydroxyl groups excluding tert-OH is 1. The summed E-state index contributed by atoms with van der Waals surface area (Å²) < 4.78 is 7.88. The molecule has 2 amide bonds. The molecule has 0 radical (unpaired) electrons. The summed E-state index contributed by atoms with van der Waals surface area (Å²) in [5, 5.41) is 10.2. The van der Waals surface area contributed by atoms with Gasteiger partial charge in [-0.15, -0.1) is 0 Å². The number of carbonyl (C=O) groups is 2. The van der Waals surface area contributed by atoms with Gasteiger partial charge in [-0.2, -0.15) is 0 Å². The highest BCUT2D eigenvalue weighted by Crippen LogP contribution is 2.60. The predicted octanol–water partition coefficient (Wildman–Crippen LogP) is 5.70. The molecular formula is C32H36ClIN2O5Si. The quantitative estimate of drug-likeness (QED) is 0.219. The van der Waals surface area contributed by atoms with Crippen LogP contribution in [0.3, 0.4) is 0 Å². The van der Waals surface area contributed by atoms with Crippen LogP contribution >= 0.6 is 34.2 Å². The van der Waals surface area contributed by atoms with Gasteiger partial charge in [-0.3, -0.25) is 9.59 Å². The topological polar surface area (TPSA) is 90.3 Å². The molecule has 10 heteroatoms. The van der Waals surface area contributed by atoms with Gasteiger partial charge in [-0.25, -0.2) is 0 Å². The highest BCUT2D eigenvalue weighted by atomic mass is 127. The average molecular weight is 719 g/mol. The second-order valence-corrected chi connectivity index (χ2v) is 17.4.